The fraction of sp³-hybridized carbons (Fsp3) is 0.438. The van der Waals surface area contributed by atoms with Gasteiger partial charge in [0.25, 0.3) is 0 Å². The molecule has 1 aliphatic carbocycles. The Morgan fingerprint density at radius 1 is 1.43 bits per heavy atom. The van der Waals surface area contributed by atoms with E-state index in [-0.39, 0.29) is 0 Å². The number of fused-ring (bicyclic) bond motifs is 1. The third-order valence-electron chi connectivity index (χ3n) is 4.24. The second kappa shape index (κ2) is 5.46. The van der Waals surface area contributed by atoms with Gasteiger partial charge in [0.15, 0.2) is 0 Å². The lowest BCUT2D eigenvalue weighted by Gasteiger charge is -2.34. The fourth-order valence-electron chi connectivity index (χ4n) is 3.15. The van der Waals surface area contributed by atoms with Crippen molar-refractivity contribution in [2.45, 2.75) is 38.3 Å². The molecule has 1 aromatic carbocycles. The summed E-state index contributed by atoms with van der Waals surface area (Å²) < 4.78 is 8.04. The molecule has 0 spiro atoms. The van der Waals surface area contributed by atoms with E-state index in [1.807, 2.05) is 23.7 Å². The number of methoxy groups -OCH3 is 1. The van der Waals surface area contributed by atoms with E-state index in [2.05, 4.69) is 27.1 Å². The van der Waals surface area contributed by atoms with Gasteiger partial charge in [-0.15, -0.1) is 0 Å². The second-order valence-corrected chi connectivity index (χ2v) is 6.35. The quantitative estimate of drug-likeness (QED) is 0.925. The summed E-state index contributed by atoms with van der Waals surface area (Å²) in [5.41, 5.74) is 2.43. The van der Waals surface area contributed by atoms with Crippen LogP contribution >= 0.6 is 15.9 Å². The number of benzene rings is 1. The molecule has 0 fully saturated rings. The third-order valence-corrected chi connectivity index (χ3v) is 4.82. The molecular weight excluding hydrogens is 332 g/mol. The average molecular weight is 351 g/mol. The minimum absolute atomic E-state index is 0.587. The summed E-state index contributed by atoms with van der Waals surface area (Å²) in [5.74, 6) is 0.834. The number of nitrogens with zero attached hydrogens (tertiary/aromatic N) is 2. The Morgan fingerprint density at radius 3 is 2.95 bits per heavy atom. The molecule has 0 aliphatic heterocycles. The smallest absolute Gasteiger partial charge is 0.119 e. The van der Waals surface area contributed by atoms with Crippen molar-refractivity contribution in [1.82, 2.24) is 9.78 Å². The molecule has 1 heterocycles. The van der Waals surface area contributed by atoms with Crippen molar-refractivity contribution >= 4 is 15.9 Å². The summed E-state index contributed by atoms with van der Waals surface area (Å²) in [4.78, 5) is 0. The maximum Gasteiger partial charge on any atom is 0.119 e. The standard InChI is InChI=1S/C16H19BrN2O2/c1-3-19-15(14(17)10-18-19)16(20)7-6-11-4-5-13(21-2)8-12(11)9-16/h4-5,8,10,20H,3,6-7,9H2,1-2H3. The number of rotatable bonds is 3. The fourth-order valence-corrected chi connectivity index (χ4v) is 3.81. The van der Waals surface area contributed by atoms with Gasteiger partial charge in [-0.2, -0.15) is 5.10 Å². The summed E-state index contributed by atoms with van der Waals surface area (Å²) in [6.07, 6.45) is 3.91. The molecule has 1 atom stereocenters. The molecule has 1 unspecified atom stereocenters. The largest absolute Gasteiger partial charge is 0.497 e. The lowest BCUT2D eigenvalue weighted by Crippen LogP contribution is -2.35. The van der Waals surface area contributed by atoms with E-state index in [0.29, 0.717) is 12.8 Å². The Kier molecular flexibility index (Phi) is 3.80. The summed E-state index contributed by atoms with van der Waals surface area (Å²) in [6, 6.07) is 6.11. The van der Waals surface area contributed by atoms with Crippen LogP contribution in [0.2, 0.25) is 0 Å². The highest BCUT2D eigenvalue weighted by Gasteiger charge is 2.38. The van der Waals surface area contributed by atoms with Gasteiger partial charge in [-0.25, -0.2) is 0 Å². The number of hydrogen-bond donors (Lipinski definition) is 1. The second-order valence-electron chi connectivity index (χ2n) is 5.50. The van der Waals surface area contributed by atoms with Gasteiger partial charge in [0.2, 0.25) is 0 Å². The van der Waals surface area contributed by atoms with Crippen molar-refractivity contribution in [1.29, 1.82) is 0 Å². The SMILES string of the molecule is CCn1ncc(Br)c1C1(O)CCc2ccc(OC)cc2C1. The highest BCUT2D eigenvalue weighted by molar-refractivity contribution is 9.10. The predicted molar refractivity (Wildman–Crippen MR) is 84.5 cm³/mol. The summed E-state index contributed by atoms with van der Waals surface area (Å²) in [7, 11) is 1.67. The number of aliphatic hydroxyl groups is 1. The molecule has 0 saturated heterocycles. The van der Waals surface area contributed by atoms with E-state index in [0.717, 1.165) is 34.4 Å². The topological polar surface area (TPSA) is 47.3 Å². The Labute approximate surface area is 132 Å². The maximum atomic E-state index is 11.2. The zero-order chi connectivity index (χ0) is 15.0. The first-order valence-corrected chi connectivity index (χ1v) is 7.96. The third kappa shape index (κ3) is 2.49. The summed E-state index contributed by atoms with van der Waals surface area (Å²) >= 11 is 3.53. The number of aromatic nitrogens is 2. The van der Waals surface area contributed by atoms with Gasteiger partial charge in [0.1, 0.15) is 11.4 Å². The molecule has 0 saturated carbocycles. The van der Waals surface area contributed by atoms with Gasteiger partial charge in [-0.05, 0) is 59.0 Å². The van der Waals surface area contributed by atoms with Crippen LogP contribution < -0.4 is 4.74 Å². The van der Waals surface area contributed by atoms with Crippen molar-refractivity contribution in [2.75, 3.05) is 7.11 Å². The molecule has 5 heteroatoms. The van der Waals surface area contributed by atoms with Crippen molar-refractivity contribution in [2.24, 2.45) is 0 Å². The van der Waals surface area contributed by atoms with Crippen LogP contribution in [-0.4, -0.2) is 22.0 Å². The molecule has 1 N–H and O–H groups in total. The lowest BCUT2D eigenvalue weighted by atomic mass is 9.78. The Balaban J connectivity index is 2.02. The van der Waals surface area contributed by atoms with Crippen LogP contribution in [0.15, 0.2) is 28.9 Å². The van der Waals surface area contributed by atoms with Crippen LogP contribution in [0.4, 0.5) is 0 Å². The first kappa shape index (κ1) is 14.6. The highest BCUT2D eigenvalue weighted by atomic mass is 79.9. The first-order chi connectivity index (χ1) is 10.1. The van der Waals surface area contributed by atoms with Gasteiger partial charge in [-0.3, -0.25) is 4.68 Å². The van der Waals surface area contributed by atoms with Crippen molar-refractivity contribution in [3.63, 3.8) is 0 Å². The minimum Gasteiger partial charge on any atom is -0.497 e. The average Bonchev–Trinajstić information content (AvgIpc) is 2.88. The van der Waals surface area contributed by atoms with E-state index in [1.165, 1.54) is 5.56 Å². The minimum atomic E-state index is -0.884. The van der Waals surface area contributed by atoms with E-state index in [1.54, 1.807) is 13.3 Å². The molecule has 0 bridgehead atoms. The van der Waals surface area contributed by atoms with Crippen LogP contribution in [-0.2, 0) is 25.0 Å². The van der Waals surface area contributed by atoms with Gasteiger partial charge in [0.05, 0.1) is 23.5 Å². The summed E-state index contributed by atoms with van der Waals surface area (Å²) in [6.45, 7) is 2.78. The van der Waals surface area contributed by atoms with Crippen LogP contribution in [0.5, 0.6) is 5.75 Å². The molecule has 0 radical (unpaired) electrons. The van der Waals surface area contributed by atoms with Crippen molar-refractivity contribution < 1.29 is 9.84 Å². The summed E-state index contributed by atoms with van der Waals surface area (Å²) in [5, 5.41) is 15.5. The van der Waals surface area contributed by atoms with E-state index in [9.17, 15) is 5.11 Å². The monoisotopic (exact) mass is 350 g/mol. The van der Waals surface area contributed by atoms with E-state index in [4.69, 9.17) is 4.74 Å². The normalized spacial score (nSPS) is 21.1. The molecule has 112 valence electrons. The first-order valence-electron chi connectivity index (χ1n) is 7.17. The Bertz CT molecular complexity index is 668. The zero-order valence-corrected chi connectivity index (χ0v) is 13.9. The van der Waals surface area contributed by atoms with Crippen LogP contribution in [0.3, 0.4) is 0 Å². The molecule has 0 amide bonds. The van der Waals surface area contributed by atoms with Crippen LogP contribution in [0.25, 0.3) is 0 Å². The van der Waals surface area contributed by atoms with Gasteiger partial charge in [0, 0.05) is 13.0 Å². The van der Waals surface area contributed by atoms with Gasteiger partial charge >= 0.3 is 0 Å². The molecule has 1 aromatic heterocycles. The Morgan fingerprint density at radius 2 is 2.24 bits per heavy atom. The zero-order valence-electron chi connectivity index (χ0n) is 12.3. The van der Waals surface area contributed by atoms with Crippen molar-refractivity contribution in [3.8, 4) is 5.75 Å². The number of hydrogen-bond acceptors (Lipinski definition) is 3. The van der Waals surface area contributed by atoms with E-state index >= 15 is 0 Å². The maximum absolute atomic E-state index is 11.2. The van der Waals surface area contributed by atoms with Gasteiger partial charge in [-0.1, -0.05) is 6.07 Å². The van der Waals surface area contributed by atoms with E-state index < -0.39 is 5.60 Å². The molecule has 2 aromatic rings. The predicted octanol–water partition coefficient (Wildman–Crippen LogP) is 3.05. The molecule has 4 nitrogen and oxygen atoms in total. The highest BCUT2D eigenvalue weighted by Crippen LogP contribution is 2.40. The number of halogens is 1. The molecular formula is C16H19BrN2O2. The Hall–Kier alpha value is -1.33. The molecule has 1 aliphatic rings. The van der Waals surface area contributed by atoms with Crippen LogP contribution in [0.1, 0.15) is 30.2 Å². The van der Waals surface area contributed by atoms with Gasteiger partial charge < -0.3 is 9.84 Å². The van der Waals surface area contributed by atoms with Crippen molar-refractivity contribution in [3.05, 3.63) is 45.7 Å². The number of ether oxygens (including phenoxy) is 1. The van der Waals surface area contributed by atoms with Crippen LogP contribution in [0, 0.1) is 0 Å². The lowest BCUT2D eigenvalue weighted by molar-refractivity contribution is 0.0128. The molecule has 3 rings (SSSR count). The molecule has 21 heavy (non-hydrogen) atoms. The number of aryl methyl sites for hydroxylation is 2.